The molecule has 1 saturated heterocycles. The number of aryl methyl sites for hydroxylation is 1. The molecule has 2 unspecified atom stereocenters. The van der Waals surface area contributed by atoms with Crippen molar-refractivity contribution in [2.24, 2.45) is 0 Å². The first kappa shape index (κ1) is 20.7. The smallest absolute Gasteiger partial charge is 0.433 e. The second-order valence-corrected chi connectivity index (χ2v) is 7.77. The van der Waals surface area contributed by atoms with Crippen LogP contribution in [0, 0.1) is 6.92 Å². The van der Waals surface area contributed by atoms with Crippen molar-refractivity contribution in [2.45, 2.75) is 45.0 Å². The number of ether oxygens (including phenoxy) is 2. The summed E-state index contributed by atoms with van der Waals surface area (Å²) in [7, 11) is 0. The molecule has 0 radical (unpaired) electrons. The van der Waals surface area contributed by atoms with Crippen molar-refractivity contribution in [1.82, 2.24) is 14.9 Å². The molecule has 0 amide bonds. The van der Waals surface area contributed by atoms with Gasteiger partial charge in [-0.25, -0.2) is 9.97 Å². The maximum atomic E-state index is 13.1. The molecule has 9 heteroatoms. The SMILES string of the molecule is Cc1cc(OC2CCCN(C(C)c3cnc4c(c3)OCCN4)C2)cc(C(F)(F)F)n1. The fourth-order valence-electron chi connectivity index (χ4n) is 3.93. The zero-order chi connectivity index (χ0) is 21.3. The molecular formula is C21H25F3N4O2. The highest BCUT2D eigenvalue weighted by Crippen LogP contribution is 2.33. The highest BCUT2D eigenvalue weighted by atomic mass is 19.4. The summed E-state index contributed by atoms with van der Waals surface area (Å²) in [6.45, 7) is 6.50. The van der Waals surface area contributed by atoms with E-state index in [0.717, 1.165) is 49.1 Å². The average molecular weight is 422 g/mol. The maximum absolute atomic E-state index is 13.1. The molecule has 0 aliphatic carbocycles. The monoisotopic (exact) mass is 422 g/mol. The Bertz CT molecular complexity index is 906. The van der Waals surface area contributed by atoms with Gasteiger partial charge in [0.25, 0.3) is 0 Å². The minimum atomic E-state index is -4.49. The number of halogens is 3. The highest BCUT2D eigenvalue weighted by Gasteiger charge is 2.34. The Morgan fingerprint density at radius 2 is 2.13 bits per heavy atom. The number of nitrogens with zero attached hydrogens (tertiary/aromatic N) is 3. The van der Waals surface area contributed by atoms with E-state index >= 15 is 0 Å². The number of rotatable bonds is 4. The van der Waals surface area contributed by atoms with E-state index in [2.05, 4.69) is 27.1 Å². The van der Waals surface area contributed by atoms with Crippen molar-refractivity contribution in [1.29, 1.82) is 0 Å². The molecule has 2 aromatic heterocycles. The molecule has 1 fully saturated rings. The number of likely N-dealkylation sites (tertiary alicyclic amines) is 1. The van der Waals surface area contributed by atoms with Crippen molar-refractivity contribution in [3.8, 4) is 11.5 Å². The summed E-state index contributed by atoms with van der Waals surface area (Å²) in [5, 5.41) is 3.21. The number of aromatic nitrogens is 2. The molecule has 0 saturated carbocycles. The van der Waals surface area contributed by atoms with Crippen LogP contribution in [-0.2, 0) is 6.18 Å². The number of pyridine rings is 2. The lowest BCUT2D eigenvalue weighted by atomic mass is 10.0. The third-order valence-electron chi connectivity index (χ3n) is 5.49. The Balaban J connectivity index is 1.45. The summed E-state index contributed by atoms with van der Waals surface area (Å²) in [5.41, 5.74) is 0.402. The number of alkyl halides is 3. The first-order valence-corrected chi connectivity index (χ1v) is 10.1. The van der Waals surface area contributed by atoms with Crippen molar-refractivity contribution in [2.75, 3.05) is 31.6 Å². The Labute approximate surface area is 173 Å². The summed E-state index contributed by atoms with van der Waals surface area (Å²) in [6, 6.07) is 4.62. The topological polar surface area (TPSA) is 59.5 Å². The Hall–Kier alpha value is -2.55. The molecule has 0 spiro atoms. The third-order valence-corrected chi connectivity index (χ3v) is 5.49. The molecule has 4 rings (SSSR count). The average Bonchev–Trinajstić information content (AvgIpc) is 2.72. The standard InChI is InChI=1S/C21H25F3N4O2/c1-13-8-17(10-19(27-13)21(22,23)24)30-16-4-3-6-28(12-16)14(2)15-9-18-20(26-11-15)25-5-7-29-18/h8-11,14,16H,3-7,12H2,1-2H3,(H,25,26). The first-order chi connectivity index (χ1) is 14.3. The van der Waals surface area contributed by atoms with Gasteiger partial charge in [-0.2, -0.15) is 13.2 Å². The van der Waals surface area contributed by atoms with Crippen LogP contribution in [0.25, 0.3) is 0 Å². The molecule has 2 aliphatic heterocycles. The molecular weight excluding hydrogens is 397 g/mol. The van der Waals surface area contributed by atoms with E-state index in [-0.39, 0.29) is 23.6 Å². The van der Waals surface area contributed by atoms with Crippen molar-refractivity contribution >= 4 is 5.82 Å². The summed E-state index contributed by atoms with van der Waals surface area (Å²) < 4.78 is 50.8. The molecule has 4 heterocycles. The van der Waals surface area contributed by atoms with Gasteiger partial charge in [0.15, 0.2) is 11.6 Å². The molecule has 0 bridgehead atoms. The van der Waals surface area contributed by atoms with E-state index in [9.17, 15) is 13.2 Å². The molecule has 30 heavy (non-hydrogen) atoms. The second kappa shape index (κ2) is 8.29. The van der Waals surface area contributed by atoms with E-state index in [1.54, 1.807) is 6.07 Å². The van der Waals surface area contributed by atoms with Crippen LogP contribution in [-0.4, -0.2) is 47.2 Å². The Morgan fingerprint density at radius 1 is 1.30 bits per heavy atom. The zero-order valence-electron chi connectivity index (χ0n) is 17.0. The summed E-state index contributed by atoms with van der Waals surface area (Å²) >= 11 is 0. The van der Waals surface area contributed by atoms with Crippen LogP contribution in [0.3, 0.4) is 0 Å². The number of piperidine rings is 1. The van der Waals surface area contributed by atoms with Crippen molar-refractivity contribution in [3.05, 3.63) is 41.3 Å². The first-order valence-electron chi connectivity index (χ1n) is 10.1. The van der Waals surface area contributed by atoms with Crippen molar-refractivity contribution in [3.63, 3.8) is 0 Å². The van der Waals surface area contributed by atoms with E-state index in [0.29, 0.717) is 13.2 Å². The fraction of sp³-hybridized carbons (Fsp3) is 0.524. The molecule has 162 valence electrons. The summed E-state index contributed by atoms with van der Waals surface area (Å²) in [4.78, 5) is 10.3. The zero-order valence-corrected chi connectivity index (χ0v) is 17.0. The van der Waals surface area contributed by atoms with Gasteiger partial charge >= 0.3 is 6.18 Å². The van der Waals surface area contributed by atoms with E-state index in [1.165, 1.54) is 6.92 Å². The highest BCUT2D eigenvalue weighted by molar-refractivity contribution is 5.52. The van der Waals surface area contributed by atoms with Gasteiger partial charge in [0.2, 0.25) is 0 Å². The molecule has 2 aliphatic rings. The van der Waals surface area contributed by atoms with E-state index in [1.807, 2.05) is 12.3 Å². The van der Waals surface area contributed by atoms with E-state index in [4.69, 9.17) is 9.47 Å². The quantitative estimate of drug-likeness (QED) is 0.797. The maximum Gasteiger partial charge on any atom is 0.433 e. The minimum absolute atomic E-state index is 0.0876. The van der Waals surface area contributed by atoms with Crippen LogP contribution >= 0.6 is 0 Å². The van der Waals surface area contributed by atoms with Crippen LogP contribution in [0.15, 0.2) is 24.4 Å². The number of fused-ring (bicyclic) bond motifs is 1. The second-order valence-electron chi connectivity index (χ2n) is 7.77. The molecule has 6 nitrogen and oxygen atoms in total. The molecule has 2 atom stereocenters. The van der Waals surface area contributed by atoms with Crippen LogP contribution in [0.4, 0.5) is 19.0 Å². The lowest BCUT2D eigenvalue weighted by molar-refractivity contribution is -0.141. The minimum Gasteiger partial charge on any atom is -0.489 e. The van der Waals surface area contributed by atoms with Crippen LogP contribution < -0.4 is 14.8 Å². The van der Waals surface area contributed by atoms with Crippen LogP contribution in [0.1, 0.15) is 42.8 Å². The van der Waals surface area contributed by atoms with Gasteiger partial charge in [-0.05, 0) is 44.9 Å². The number of nitrogens with one attached hydrogen (secondary N) is 1. The lowest BCUT2D eigenvalue weighted by Gasteiger charge is -2.37. The van der Waals surface area contributed by atoms with Gasteiger partial charge in [-0.15, -0.1) is 0 Å². The predicted octanol–water partition coefficient (Wildman–Crippen LogP) is 4.21. The predicted molar refractivity (Wildman–Crippen MR) is 106 cm³/mol. The number of anilines is 1. The van der Waals surface area contributed by atoms with Crippen LogP contribution in [0.5, 0.6) is 11.5 Å². The van der Waals surface area contributed by atoms with Gasteiger partial charge in [-0.1, -0.05) is 0 Å². The van der Waals surface area contributed by atoms with Crippen LogP contribution in [0.2, 0.25) is 0 Å². The fourth-order valence-corrected chi connectivity index (χ4v) is 3.93. The van der Waals surface area contributed by atoms with Gasteiger partial charge in [0, 0.05) is 36.6 Å². The molecule has 2 aromatic rings. The van der Waals surface area contributed by atoms with Gasteiger partial charge in [-0.3, -0.25) is 4.90 Å². The van der Waals surface area contributed by atoms with Gasteiger partial charge in [0.1, 0.15) is 24.2 Å². The molecule has 0 aromatic carbocycles. The third kappa shape index (κ3) is 4.61. The largest absolute Gasteiger partial charge is 0.489 e. The van der Waals surface area contributed by atoms with E-state index < -0.39 is 11.9 Å². The lowest BCUT2D eigenvalue weighted by Crippen LogP contribution is -2.42. The number of hydrogen-bond donors (Lipinski definition) is 1. The van der Waals surface area contributed by atoms with Gasteiger partial charge < -0.3 is 14.8 Å². The summed E-state index contributed by atoms with van der Waals surface area (Å²) in [5.74, 6) is 1.72. The van der Waals surface area contributed by atoms with Crippen molar-refractivity contribution < 1.29 is 22.6 Å². The van der Waals surface area contributed by atoms with Gasteiger partial charge in [0.05, 0.1) is 6.54 Å². The Kier molecular flexibility index (Phi) is 5.73. The molecule has 1 N–H and O–H groups in total. The number of hydrogen-bond acceptors (Lipinski definition) is 6. The summed E-state index contributed by atoms with van der Waals surface area (Å²) in [6.07, 6.45) is -1.14. The Morgan fingerprint density at radius 3 is 2.93 bits per heavy atom. The normalized spacial score (nSPS) is 20.6.